The zero-order valence-electron chi connectivity index (χ0n) is 18.0. The fourth-order valence-electron chi connectivity index (χ4n) is 5.43. The van der Waals surface area contributed by atoms with Crippen LogP contribution in [0.15, 0.2) is 16.4 Å². The summed E-state index contributed by atoms with van der Waals surface area (Å²) in [4.78, 5) is 30.6. The molecule has 2 aliphatic heterocycles. The second-order valence-corrected chi connectivity index (χ2v) is 8.86. The van der Waals surface area contributed by atoms with Crippen molar-refractivity contribution in [3.05, 3.63) is 55.5 Å². The van der Waals surface area contributed by atoms with E-state index in [4.69, 9.17) is 15.5 Å². The molecule has 0 radical (unpaired) electrons. The number of hydrogen-bond donors (Lipinski definition) is 1. The van der Waals surface area contributed by atoms with Gasteiger partial charge in [0.2, 0.25) is 0 Å². The lowest BCUT2D eigenvalue weighted by atomic mass is 9.79. The number of carbonyl (C=O) groups is 1. The normalized spacial score (nSPS) is 21.5. The molecule has 2 aromatic rings. The second-order valence-electron chi connectivity index (χ2n) is 8.86. The second kappa shape index (κ2) is 6.64. The lowest BCUT2D eigenvalue weighted by Gasteiger charge is -2.29. The molecule has 0 saturated heterocycles. The van der Waals surface area contributed by atoms with E-state index in [2.05, 4.69) is 13.8 Å². The number of nitrogens with two attached hydrogens (primary N) is 1. The molecule has 6 nitrogen and oxygen atoms in total. The van der Waals surface area contributed by atoms with Crippen LogP contribution in [-0.2, 0) is 22.7 Å². The summed E-state index contributed by atoms with van der Waals surface area (Å²) in [7, 11) is 0. The van der Waals surface area contributed by atoms with E-state index in [9.17, 15) is 9.59 Å². The van der Waals surface area contributed by atoms with E-state index < -0.39 is 5.92 Å². The first kappa shape index (κ1) is 19.2. The van der Waals surface area contributed by atoms with Gasteiger partial charge in [0.25, 0.3) is 5.56 Å². The van der Waals surface area contributed by atoms with Crippen molar-refractivity contribution in [1.29, 1.82) is 0 Å². The van der Waals surface area contributed by atoms with Crippen LogP contribution in [0.5, 0.6) is 0 Å². The first-order chi connectivity index (χ1) is 14.3. The predicted octanol–water partition coefficient (Wildman–Crippen LogP) is 3.72. The molecule has 2 aromatic heterocycles. The molecule has 0 amide bonds. The number of cyclic esters (lactones) is 1. The van der Waals surface area contributed by atoms with Gasteiger partial charge in [-0.2, -0.15) is 0 Å². The minimum atomic E-state index is -0.394. The average Bonchev–Trinajstić information content (AvgIpc) is 3.06. The Hall–Kier alpha value is -2.73. The predicted molar refractivity (Wildman–Crippen MR) is 115 cm³/mol. The van der Waals surface area contributed by atoms with E-state index >= 15 is 0 Å². The highest BCUT2D eigenvalue weighted by Crippen LogP contribution is 2.45. The molecule has 5 rings (SSSR count). The Balaban J connectivity index is 1.79. The summed E-state index contributed by atoms with van der Waals surface area (Å²) >= 11 is 0. The third-order valence-electron chi connectivity index (χ3n) is 6.92. The average molecular weight is 405 g/mol. The lowest BCUT2D eigenvalue weighted by molar-refractivity contribution is -0.148. The van der Waals surface area contributed by atoms with Crippen molar-refractivity contribution < 1.29 is 9.53 Å². The molecule has 0 bridgehead atoms. The van der Waals surface area contributed by atoms with Gasteiger partial charge in [0, 0.05) is 22.9 Å². The van der Waals surface area contributed by atoms with Crippen LogP contribution in [0, 0.1) is 6.92 Å². The van der Waals surface area contributed by atoms with Crippen LogP contribution in [0.4, 0.5) is 0 Å². The number of ether oxygens (including phenoxy) is 1. The van der Waals surface area contributed by atoms with Gasteiger partial charge in [-0.15, -0.1) is 0 Å². The molecule has 3 aliphatic rings. The summed E-state index contributed by atoms with van der Waals surface area (Å²) in [6.45, 7) is 8.77. The van der Waals surface area contributed by atoms with Crippen LogP contribution >= 0.6 is 0 Å². The van der Waals surface area contributed by atoms with Gasteiger partial charge in [0.1, 0.15) is 6.61 Å². The Morgan fingerprint density at radius 1 is 1.30 bits per heavy atom. The summed E-state index contributed by atoms with van der Waals surface area (Å²) in [5, 5.41) is 0. The van der Waals surface area contributed by atoms with Gasteiger partial charge in [0.05, 0.1) is 29.4 Å². The van der Waals surface area contributed by atoms with Crippen LogP contribution in [-0.4, -0.2) is 15.5 Å². The number of hydrogen-bond acceptors (Lipinski definition) is 5. The van der Waals surface area contributed by atoms with Crippen molar-refractivity contribution in [3.63, 3.8) is 0 Å². The van der Waals surface area contributed by atoms with E-state index in [1.807, 2.05) is 19.9 Å². The Labute approximate surface area is 175 Å². The quantitative estimate of drug-likeness (QED) is 0.624. The monoisotopic (exact) mass is 405 g/mol. The Morgan fingerprint density at radius 3 is 2.77 bits per heavy atom. The van der Waals surface area contributed by atoms with Crippen molar-refractivity contribution in [2.45, 2.75) is 72.1 Å². The lowest BCUT2D eigenvalue weighted by Crippen LogP contribution is -2.32. The number of esters is 1. The third kappa shape index (κ3) is 2.49. The van der Waals surface area contributed by atoms with Crippen LogP contribution in [0.2, 0.25) is 0 Å². The van der Waals surface area contributed by atoms with Crippen LogP contribution in [0.25, 0.3) is 17.0 Å². The zero-order valence-corrected chi connectivity index (χ0v) is 18.0. The van der Waals surface area contributed by atoms with Crippen LogP contribution in [0.3, 0.4) is 0 Å². The minimum Gasteiger partial charge on any atom is -0.460 e. The summed E-state index contributed by atoms with van der Waals surface area (Å²) in [5.41, 5.74) is 16.5. The first-order valence-electron chi connectivity index (χ1n) is 10.7. The van der Waals surface area contributed by atoms with Crippen molar-refractivity contribution in [1.82, 2.24) is 9.55 Å². The molecular weight excluding hydrogens is 378 g/mol. The maximum absolute atomic E-state index is 13.4. The maximum Gasteiger partial charge on any atom is 0.313 e. The highest BCUT2D eigenvalue weighted by molar-refractivity contribution is 5.82. The SMILES string of the molecule is CCC1C(=O)OCc2c1cc1n(c2=O)Cc2c-1nc(C)c1c2C(N)CCC1=C(C)C. The highest BCUT2D eigenvalue weighted by Gasteiger charge is 2.37. The van der Waals surface area contributed by atoms with E-state index in [-0.39, 0.29) is 24.2 Å². The summed E-state index contributed by atoms with van der Waals surface area (Å²) in [6.07, 6.45) is 2.45. The number of aromatic nitrogens is 2. The van der Waals surface area contributed by atoms with Crippen molar-refractivity contribution in [2.24, 2.45) is 5.73 Å². The van der Waals surface area contributed by atoms with E-state index in [1.54, 1.807) is 4.57 Å². The Kier molecular flexibility index (Phi) is 4.26. The summed E-state index contributed by atoms with van der Waals surface area (Å²) in [6, 6.07) is 1.93. The number of nitrogens with zero attached hydrogens (tertiary/aromatic N) is 2. The molecule has 2 N–H and O–H groups in total. The zero-order chi connectivity index (χ0) is 21.3. The number of rotatable bonds is 1. The highest BCUT2D eigenvalue weighted by atomic mass is 16.5. The topological polar surface area (TPSA) is 87.2 Å². The fraction of sp³-hybridized carbons (Fsp3) is 0.458. The van der Waals surface area contributed by atoms with Gasteiger partial charge in [-0.05, 0) is 62.8 Å². The minimum absolute atomic E-state index is 0.0477. The Bertz CT molecular complexity index is 1200. The largest absolute Gasteiger partial charge is 0.460 e. The molecule has 0 spiro atoms. The van der Waals surface area contributed by atoms with Gasteiger partial charge in [0.15, 0.2) is 0 Å². The number of pyridine rings is 2. The molecular formula is C24H27N3O3. The molecule has 6 heteroatoms. The van der Waals surface area contributed by atoms with Gasteiger partial charge in [-0.1, -0.05) is 12.5 Å². The molecule has 0 saturated carbocycles. The third-order valence-corrected chi connectivity index (χ3v) is 6.92. The van der Waals surface area contributed by atoms with E-state index in [0.717, 1.165) is 46.6 Å². The standard InChI is InChI=1S/C24H27N3O3/c1-5-13-15-8-19-22-16(9-27(19)23(28)17(15)10-30-24(13)29)21-18(25)7-6-14(11(2)3)20(21)12(4)26-22/h8,13,18H,5-7,9-10,25H2,1-4H3. The van der Waals surface area contributed by atoms with Gasteiger partial charge in [-0.25, -0.2) is 0 Å². The molecule has 2 unspecified atom stereocenters. The van der Waals surface area contributed by atoms with Crippen LogP contribution in [0.1, 0.15) is 85.5 Å². The molecule has 0 aromatic carbocycles. The molecule has 4 heterocycles. The first-order valence-corrected chi connectivity index (χ1v) is 10.7. The van der Waals surface area contributed by atoms with Crippen molar-refractivity contribution >= 4 is 11.5 Å². The molecule has 0 fully saturated rings. The smallest absolute Gasteiger partial charge is 0.313 e. The fourth-order valence-corrected chi connectivity index (χ4v) is 5.43. The van der Waals surface area contributed by atoms with Gasteiger partial charge in [-0.3, -0.25) is 14.6 Å². The van der Waals surface area contributed by atoms with Crippen molar-refractivity contribution in [3.8, 4) is 11.4 Å². The Morgan fingerprint density at radius 2 is 2.07 bits per heavy atom. The van der Waals surface area contributed by atoms with Gasteiger partial charge >= 0.3 is 5.97 Å². The molecule has 2 atom stereocenters. The molecule has 1 aliphatic carbocycles. The summed E-state index contributed by atoms with van der Waals surface area (Å²) in [5.74, 6) is -0.646. The van der Waals surface area contributed by atoms with Gasteiger partial charge < -0.3 is 15.0 Å². The van der Waals surface area contributed by atoms with Crippen LogP contribution < -0.4 is 11.3 Å². The number of carbonyl (C=O) groups excluding carboxylic acids is 1. The maximum atomic E-state index is 13.4. The number of allylic oxidation sites excluding steroid dienone is 2. The molecule has 156 valence electrons. The van der Waals surface area contributed by atoms with E-state index in [1.165, 1.54) is 16.7 Å². The molecule has 30 heavy (non-hydrogen) atoms. The summed E-state index contributed by atoms with van der Waals surface area (Å²) < 4.78 is 7.08. The van der Waals surface area contributed by atoms with Crippen molar-refractivity contribution in [2.75, 3.05) is 0 Å². The number of aryl methyl sites for hydroxylation is 1. The number of fused-ring (bicyclic) bond motifs is 6. The van der Waals surface area contributed by atoms with E-state index in [0.29, 0.717) is 18.5 Å².